The van der Waals surface area contributed by atoms with Gasteiger partial charge in [-0.1, -0.05) is 12.1 Å². The molecule has 2 rings (SSSR count). The molecule has 0 amide bonds. The minimum atomic E-state index is -0.146. The Hall–Kier alpha value is -2.63. The molecule has 116 valence electrons. The minimum absolute atomic E-state index is 0.146. The summed E-state index contributed by atoms with van der Waals surface area (Å²) in [6.07, 6.45) is 3.98. The molecule has 1 aromatic carbocycles. The molecule has 0 aliphatic carbocycles. The van der Waals surface area contributed by atoms with Gasteiger partial charge in [0.25, 0.3) is 0 Å². The highest BCUT2D eigenvalue weighted by Crippen LogP contribution is 2.12. The zero-order valence-corrected chi connectivity index (χ0v) is 13.0. The lowest BCUT2D eigenvalue weighted by Gasteiger charge is -2.20. The summed E-state index contributed by atoms with van der Waals surface area (Å²) in [6, 6.07) is 6.98. The number of nitrogens with one attached hydrogen (secondary N) is 3. The van der Waals surface area contributed by atoms with Crippen LogP contribution in [0.3, 0.4) is 0 Å². The Labute approximate surface area is 129 Å². The van der Waals surface area contributed by atoms with Crippen LogP contribution in [0.15, 0.2) is 30.3 Å². The molecule has 0 aliphatic rings. The number of hydrogen-bond donors (Lipinski definition) is 4. The van der Waals surface area contributed by atoms with Crippen molar-refractivity contribution in [3.63, 3.8) is 0 Å². The van der Waals surface area contributed by atoms with E-state index in [0.29, 0.717) is 18.1 Å². The van der Waals surface area contributed by atoms with Gasteiger partial charge in [0.2, 0.25) is 0 Å². The van der Waals surface area contributed by atoms with E-state index in [1.807, 2.05) is 32.9 Å². The van der Waals surface area contributed by atoms with Gasteiger partial charge in [-0.15, -0.1) is 10.2 Å². The monoisotopic (exact) mass is 299 g/mol. The maximum atomic E-state index is 9.26. The third-order valence-electron chi connectivity index (χ3n) is 2.78. The lowest BCUT2D eigenvalue weighted by molar-refractivity contribution is 0.475. The number of aromatic amines is 1. The second-order valence-corrected chi connectivity index (χ2v) is 6.12. The molecule has 4 N–H and O–H groups in total. The van der Waals surface area contributed by atoms with Crippen LogP contribution in [0.4, 0.5) is 0 Å². The van der Waals surface area contributed by atoms with E-state index >= 15 is 0 Å². The van der Waals surface area contributed by atoms with Crippen LogP contribution >= 0.6 is 0 Å². The molecule has 6 nitrogen and oxygen atoms in total. The molecule has 6 heteroatoms. The number of amidine groups is 1. The van der Waals surface area contributed by atoms with Gasteiger partial charge in [-0.25, -0.2) is 0 Å². The fourth-order valence-corrected chi connectivity index (χ4v) is 1.88. The van der Waals surface area contributed by atoms with Gasteiger partial charge in [0.1, 0.15) is 17.4 Å². The lowest BCUT2D eigenvalue weighted by atomic mass is 10.1. The van der Waals surface area contributed by atoms with Gasteiger partial charge in [-0.3, -0.25) is 5.41 Å². The first-order chi connectivity index (χ1) is 10.3. The third kappa shape index (κ3) is 5.05. The van der Waals surface area contributed by atoms with E-state index in [9.17, 15) is 5.11 Å². The Morgan fingerprint density at radius 2 is 1.95 bits per heavy atom. The first-order valence-electron chi connectivity index (χ1n) is 7.06. The van der Waals surface area contributed by atoms with Crippen molar-refractivity contribution in [3.8, 4) is 5.75 Å². The van der Waals surface area contributed by atoms with Crippen LogP contribution in [0.5, 0.6) is 5.75 Å². The molecule has 0 atom stereocenters. The van der Waals surface area contributed by atoms with Crippen molar-refractivity contribution in [1.29, 1.82) is 5.41 Å². The van der Waals surface area contributed by atoms with Gasteiger partial charge >= 0.3 is 0 Å². The number of nitrogens with zero attached hydrogens (tertiary/aromatic N) is 2. The molecule has 0 saturated carbocycles. The summed E-state index contributed by atoms with van der Waals surface area (Å²) < 4.78 is 0. The van der Waals surface area contributed by atoms with E-state index in [0.717, 1.165) is 11.4 Å². The van der Waals surface area contributed by atoms with Crippen LogP contribution in [-0.4, -0.2) is 31.7 Å². The van der Waals surface area contributed by atoms with Crippen LogP contribution in [0.25, 0.3) is 6.08 Å². The van der Waals surface area contributed by atoms with Gasteiger partial charge in [-0.05, 0) is 50.6 Å². The van der Waals surface area contributed by atoms with E-state index in [1.165, 1.54) is 0 Å². The lowest BCUT2D eigenvalue weighted by Crippen LogP contribution is -2.39. The Morgan fingerprint density at radius 3 is 2.59 bits per heavy atom. The fraction of sp³-hybridized carbons (Fsp3) is 0.312. The largest absolute Gasteiger partial charge is 0.508 e. The van der Waals surface area contributed by atoms with Crippen LogP contribution in [-0.2, 0) is 6.42 Å². The zero-order valence-electron chi connectivity index (χ0n) is 13.0. The zero-order chi connectivity index (χ0) is 16.2. The number of hydrogen-bond acceptors (Lipinski definition) is 4. The van der Waals surface area contributed by atoms with E-state index < -0.39 is 0 Å². The number of phenolic OH excluding ortho intramolecular Hbond substituents is 1. The van der Waals surface area contributed by atoms with Crippen LogP contribution < -0.4 is 5.32 Å². The summed E-state index contributed by atoms with van der Waals surface area (Å²) in [4.78, 5) is 3.10. The van der Waals surface area contributed by atoms with Crippen LogP contribution in [0.1, 0.15) is 38.0 Å². The maximum absolute atomic E-state index is 9.26. The van der Waals surface area contributed by atoms with Crippen molar-refractivity contribution in [2.24, 2.45) is 0 Å². The van der Waals surface area contributed by atoms with Gasteiger partial charge in [0.05, 0.1) is 0 Å². The molecule has 0 aliphatic heterocycles. The molecule has 2 aromatic rings. The van der Waals surface area contributed by atoms with Gasteiger partial charge in [0.15, 0.2) is 5.82 Å². The predicted molar refractivity (Wildman–Crippen MR) is 86.9 cm³/mol. The van der Waals surface area contributed by atoms with E-state index in [1.54, 1.807) is 24.3 Å². The Balaban J connectivity index is 1.96. The smallest absolute Gasteiger partial charge is 0.154 e. The summed E-state index contributed by atoms with van der Waals surface area (Å²) in [5, 5.41) is 28.2. The average Bonchev–Trinajstić information content (AvgIpc) is 2.85. The molecular formula is C16H21N5O. The number of aromatic hydroxyl groups is 1. The fourth-order valence-electron chi connectivity index (χ4n) is 1.88. The molecule has 0 radical (unpaired) electrons. The van der Waals surface area contributed by atoms with Crippen LogP contribution in [0.2, 0.25) is 0 Å². The third-order valence-corrected chi connectivity index (χ3v) is 2.78. The first kappa shape index (κ1) is 15.8. The number of aromatic nitrogens is 3. The molecule has 1 heterocycles. The second kappa shape index (κ2) is 6.43. The Kier molecular flexibility index (Phi) is 4.60. The summed E-state index contributed by atoms with van der Waals surface area (Å²) >= 11 is 0. The molecule has 0 bridgehead atoms. The number of rotatable bonds is 4. The molecule has 0 spiro atoms. The SMILES string of the molecule is CC(C)(C)NC(=N)/C=C\c1nnc(Cc2ccc(O)cc2)[nH]1. The van der Waals surface area contributed by atoms with Gasteiger partial charge in [-0.2, -0.15) is 0 Å². The molecule has 0 saturated heterocycles. The number of H-pyrrole nitrogens is 1. The normalized spacial score (nSPS) is 11.8. The highest BCUT2D eigenvalue weighted by atomic mass is 16.3. The molecule has 1 aromatic heterocycles. The average molecular weight is 299 g/mol. The van der Waals surface area contributed by atoms with Crippen molar-refractivity contribution in [1.82, 2.24) is 20.5 Å². The molecule has 0 fully saturated rings. The highest BCUT2D eigenvalue weighted by Gasteiger charge is 2.09. The highest BCUT2D eigenvalue weighted by molar-refractivity contribution is 5.94. The Morgan fingerprint density at radius 1 is 1.27 bits per heavy atom. The molecule has 22 heavy (non-hydrogen) atoms. The summed E-state index contributed by atoms with van der Waals surface area (Å²) in [5.74, 6) is 1.91. The van der Waals surface area contributed by atoms with Crippen molar-refractivity contribution in [2.75, 3.05) is 0 Å². The topological polar surface area (TPSA) is 97.7 Å². The second-order valence-electron chi connectivity index (χ2n) is 6.12. The standard InChI is InChI=1S/C16H21N5O/c1-16(2,3)19-13(17)8-9-14-18-15(21-20-14)10-11-4-6-12(22)7-5-11/h4-9,22H,10H2,1-3H3,(H2,17,19)(H,18,20,21)/b9-8-. The van der Waals surface area contributed by atoms with Crippen molar-refractivity contribution in [3.05, 3.63) is 47.6 Å². The maximum Gasteiger partial charge on any atom is 0.154 e. The summed E-state index contributed by atoms with van der Waals surface area (Å²) in [5.41, 5.74) is 0.888. The minimum Gasteiger partial charge on any atom is -0.508 e. The Bertz CT molecular complexity index is 665. The number of benzene rings is 1. The molecular weight excluding hydrogens is 278 g/mol. The van der Waals surface area contributed by atoms with Gasteiger partial charge in [0, 0.05) is 12.0 Å². The summed E-state index contributed by atoms with van der Waals surface area (Å²) in [6.45, 7) is 6.00. The van der Waals surface area contributed by atoms with E-state index in [-0.39, 0.29) is 11.3 Å². The number of phenols is 1. The van der Waals surface area contributed by atoms with Gasteiger partial charge < -0.3 is 15.4 Å². The van der Waals surface area contributed by atoms with Crippen LogP contribution in [0, 0.1) is 5.41 Å². The van der Waals surface area contributed by atoms with Crippen molar-refractivity contribution in [2.45, 2.75) is 32.7 Å². The van der Waals surface area contributed by atoms with Crippen molar-refractivity contribution >= 4 is 11.9 Å². The van der Waals surface area contributed by atoms with E-state index in [4.69, 9.17) is 5.41 Å². The quantitative estimate of drug-likeness (QED) is 0.515. The summed E-state index contributed by atoms with van der Waals surface area (Å²) in [7, 11) is 0. The first-order valence-corrected chi connectivity index (χ1v) is 7.06. The van der Waals surface area contributed by atoms with Crippen molar-refractivity contribution < 1.29 is 5.11 Å². The van der Waals surface area contributed by atoms with E-state index in [2.05, 4.69) is 20.5 Å². The predicted octanol–water partition coefficient (Wildman–Crippen LogP) is 2.48. The molecule has 0 unspecified atom stereocenters.